The molecule has 0 fully saturated rings. The van der Waals surface area contributed by atoms with Crippen LogP contribution >= 0.6 is 0 Å². The first-order valence-corrected chi connectivity index (χ1v) is 16.3. The highest BCUT2D eigenvalue weighted by Crippen LogP contribution is 2.32. The third kappa shape index (κ3) is 7.54. The SMILES string of the molecule is CCC(C(=N)C(=O)OC(C)(C)C)c1ncc(-c2ccc3ccc(-c4ccc5nc([C@@H](CC)C(=N)C(=O)OC(C)(C)C)[nH]c5c4)cc3c2)[nH]1. The van der Waals surface area contributed by atoms with E-state index in [0.717, 1.165) is 44.2 Å². The Bertz CT molecular complexity index is 2020. The Morgan fingerprint density at radius 1 is 0.708 bits per heavy atom. The molecule has 0 saturated carbocycles. The molecule has 0 amide bonds. The highest BCUT2D eigenvalue weighted by molar-refractivity contribution is 6.37. The van der Waals surface area contributed by atoms with Crippen molar-refractivity contribution in [1.82, 2.24) is 19.9 Å². The smallest absolute Gasteiger partial charge is 0.353 e. The zero-order chi connectivity index (χ0) is 35.0. The van der Waals surface area contributed by atoms with E-state index in [4.69, 9.17) is 25.3 Å². The first-order valence-electron chi connectivity index (χ1n) is 16.3. The van der Waals surface area contributed by atoms with Crippen molar-refractivity contribution in [2.75, 3.05) is 0 Å². The van der Waals surface area contributed by atoms with Crippen molar-refractivity contribution in [3.8, 4) is 22.4 Å². The summed E-state index contributed by atoms with van der Waals surface area (Å²) in [6, 6.07) is 18.5. The zero-order valence-corrected chi connectivity index (χ0v) is 28.9. The summed E-state index contributed by atoms with van der Waals surface area (Å²) in [6.45, 7) is 14.6. The Morgan fingerprint density at radius 2 is 1.23 bits per heavy atom. The topological polar surface area (TPSA) is 158 Å². The Balaban J connectivity index is 1.40. The van der Waals surface area contributed by atoms with E-state index in [1.165, 1.54) is 0 Å². The van der Waals surface area contributed by atoms with Crippen LogP contribution in [0.5, 0.6) is 0 Å². The maximum absolute atomic E-state index is 12.6. The van der Waals surface area contributed by atoms with Crippen LogP contribution in [0.2, 0.25) is 0 Å². The molecule has 0 aliphatic heterocycles. The first kappa shape index (κ1) is 34.2. The number of rotatable bonds is 10. The third-order valence-electron chi connectivity index (χ3n) is 7.99. The maximum Gasteiger partial charge on any atom is 0.353 e. The maximum atomic E-state index is 12.6. The van der Waals surface area contributed by atoms with Crippen LogP contribution in [0.25, 0.3) is 44.2 Å². The largest absolute Gasteiger partial charge is 0.455 e. The van der Waals surface area contributed by atoms with Gasteiger partial charge in [0.15, 0.2) is 0 Å². The Hall–Kier alpha value is -5.12. The number of ether oxygens (including phenoxy) is 2. The van der Waals surface area contributed by atoms with Crippen LogP contribution in [0.1, 0.15) is 91.7 Å². The molecule has 48 heavy (non-hydrogen) atoms. The van der Waals surface area contributed by atoms with Crippen molar-refractivity contribution in [2.24, 2.45) is 0 Å². The van der Waals surface area contributed by atoms with E-state index < -0.39 is 35.0 Å². The van der Waals surface area contributed by atoms with E-state index in [-0.39, 0.29) is 11.4 Å². The molecule has 1 unspecified atom stereocenters. The van der Waals surface area contributed by atoms with Crippen LogP contribution < -0.4 is 0 Å². The fraction of sp³-hybridized carbons (Fsp3) is 0.368. The molecule has 0 spiro atoms. The van der Waals surface area contributed by atoms with E-state index in [9.17, 15) is 9.59 Å². The zero-order valence-electron chi connectivity index (χ0n) is 28.9. The van der Waals surface area contributed by atoms with E-state index in [1.807, 2.05) is 38.1 Å². The molecular weight excluding hydrogens is 604 g/mol. The van der Waals surface area contributed by atoms with Gasteiger partial charge in [-0.25, -0.2) is 19.6 Å². The van der Waals surface area contributed by atoms with Crippen LogP contribution in [0.15, 0.2) is 60.8 Å². The average Bonchev–Trinajstić information content (AvgIpc) is 3.67. The summed E-state index contributed by atoms with van der Waals surface area (Å²) < 4.78 is 10.9. The van der Waals surface area contributed by atoms with Crippen LogP contribution in [0, 0.1) is 10.8 Å². The van der Waals surface area contributed by atoms with Gasteiger partial charge < -0.3 is 19.4 Å². The van der Waals surface area contributed by atoms with Crippen molar-refractivity contribution in [3.63, 3.8) is 0 Å². The van der Waals surface area contributed by atoms with E-state index in [1.54, 1.807) is 47.7 Å². The molecule has 4 N–H and O–H groups in total. The Morgan fingerprint density at radius 3 is 1.81 bits per heavy atom. The predicted molar refractivity (Wildman–Crippen MR) is 190 cm³/mol. The lowest BCUT2D eigenvalue weighted by Crippen LogP contribution is -2.31. The number of hydrogen-bond donors (Lipinski definition) is 4. The Kier molecular flexibility index (Phi) is 9.39. The van der Waals surface area contributed by atoms with Gasteiger partial charge in [0.2, 0.25) is 0 Å². The summed E-state index contributed by atoms with van der Waals surface area (Å²) >= 11 is 0. The van der Waals surface area contributed by atoms with Crippen molar-refractivity contribution < 1.29 is 19.1 Å². The lowest BCUT2D eigenvalue weighted by atomic mass is 9.98. The van der Waals surface area contributed by atoms with Gasteiger partial charge in [-0.05, 0) is 101 Å². The number of benzene rings is 3. The normalized spacial score (nSPS) is 13.3. The van der Waals surface area contributed by atoms with Gasteiger partial charge in [-0.2, -0.15) is 0 Å². The minimum absolute atomic E-state index is 0.118. The van der Waals surface area contributed by atoms with Gasteiger partial charge >= 0.3 is 11.9 Å². The second-order valence-electron chi connectivity index (χ2n) is 14.1. The van der Waals surface area contributed by atoms with E-state index in [2.05, 4.69) is 45.3 Å². The number of fused-ring (bicyclic) bond motifs is 2. The lowest BCUT2D eigenvalue weighted by Gasteiger charge is -2.21. The summed E-state index contributed by atoms with van der Waals surface area (Å²) in [5.41, 5.74) is 3.72. The van der Waals surface area contributed by atoms with Crippen LogP contribution in [-0.4, -0.2) is 54.5 Å². The van der Waals surface area contributed by atoms with Crippen molar-refractivity contribution in [1.29, 1.82) is 10.8 Å². The van der Waals surface area contributed by atoms with Crippen molar-refractivity contribution >= 4 is 45.2 Å². The standard InChI is InChI=1S/C38H44N6O4/c1-9-26(31(39)35(45)47-37(3,4)5)33-41-20-30(44-33)24-14-12-21-11-13-22(17-25(21)18-24)23-15-16-28-29(19-23)43-34(42-28)27(10-2)32(40)36(46)48-38(6,7)8/h11-20,26-27,39-40H,9-10H2,1-8H3,(H,41,44)(H,42,43)/t26?,27-/m0/s1. The molecule has 0 bridgehead atoms. The molecule has 2 heterocycles. The molecule has 0 radical (unpaired) electrons. The predicted octanol–water partition coefficient (Wildman–Crippen LogP) is 8.48. The highest BCUT2D eigenvalue weighted by Gasteiger charge is 2.30. The summed E-state index contributed by atoms with van der Waals surface area (Å²) in [5.74, 6) is -1.17. The number of aromatic nitrogens is 4. The summed E-state index contributed by atoms with van der Waals surface area (Å²) in [5, 5.41) is 19.1. The van der Waals surface area contributed by atoms with E-state index >= 15 is 0 Å². The fourth-order valence-electron chi connectivity index (χ4n) is 5.65. The van der Waals surface area contributed by atoms with Gasteiger partial charge in [-0.15, -0.1) is 0 Å². The number of carbonyl (C=O) groups is 2. The number of H-pyrrole nitrogens is 2. The molecule has 250 valence electrons. The number of carbonyl (C=O) groups excluding carboxylic acids is 2. The minimum atomic E-state index is -0.682. The molecular formula is C38H44N6O4. The minimum Gasteiger partial charge on any atom is -0.455 e. The average molecular weight is 649 g/mol. The molecule has 3 aromatic carbocycles. The van der Waals surface area contributed by atoms with Gasteiger partial charge in [-0.3, -0.25) is 10.8 Å². The number of aromatic amines is 2. The highest BCUT2D eigenvalue weighted by atomic mass is 16.6. The Labute approximate surface area is 280 Å². The quantitative estimate of drug-likeness (QED) is 0.0878. The fourth-order valence-corrected chi connectivity index (χ4v) is 5.65. The van der Waals surface area contributed by atoms with Crippen LogP contribution in [-0.2, 0) is 19.1 Å². The van der Waals surface area contributed by atoms with Crippen molar-refractivity contribution in [2.45, 2.75) is 91.3 Å². The van der Waals surface area contributed by atoms with E-state index in [0.29, 0.717) is 24.5 Å². The van der Waals surface area contributed by atoms with Crippen LogP contribution in [0.3, 0.4) is 0 Å². The van der Waals surface area contributed by atoms with Crippen LogP contribution in [0.4, 0.5) is 0 Å². The molecule has 0 aliphatic carbocycles. The molecule has 2 aromatic heterocycles. The number of hydrogen-bond acceptors (Lipinski definition) is 8. The molecule has 10 nitrogen and oxygen atoms in total. The summed E-state index contributed by atoms with van der Waals surface area (Å²) in [4.78, 5) is 41.2. The number of esters is 2. The van der Waals surface area contributed by atoms with Gasteiger partial charge in [0.25, 0.3) is 0 Å². The van der Waals surface area contributed by atoms with Gasteiger partial charge in [0, 0.05) is 5.56 Å². The molecule has 5 aromatic rings. The first-order chi connectivity index (χ1) is 22.6. The number of nitrogens with one attached hydrogen (secondary N) is 4. The molecule has 5 rings (SSSR count). The molecule has 2 atom stereocenters. The monoisotopic (exact) mass is 648 g/mol. The molecule has 0 saturated heterocycles. The molecule has 0 aliphatic rings. The second-order valence-corrected chi connectivity index (χ2v) is 14.1. The van der Waals surface area contributed by atoms with Gasteiger partial charge in [-0.1, -0.05) is 44.2 Å². The third-order valence-corrected chi connectivity index (χ3v) is 7.99. The summed E-state index contributed by atoms with van der Waals surface area (Å²) in [6.07, 6.45) is 2.79. The number of imidazole rings is 2. The lowest BCUT2D eigenvalue weighted by molar-refractivity contribution is -0.147. The molecule has 10 heteroatoms. The summed E-state index contributed by atoms with van der Waals surface area (Å²) in [7, 11) is 0. The van der Waals surface area contributed by atoms with Gasteiger partial charge in [0.1, 0.15) is 34.3 Å². The number of nitrogens with zero attached hydrogens (tertiary/aromatic N) is 2. The van der Waals surface area contributed by atoms with Crippen molar-refractivity contribution in [3.05, 3.63) is 72.4 Å². The second kappa shape index (κ2) is 13.2. The van der Waals surface area contributed by atoms with Gasteiger partial charge in [0.05, 0.1) is 34.8 Å².